The molecular weight excluding hydrogens is 418 g/mol. The Hall–Kier alpha value is -3.05. The zero-order valence-corrected chi connectivity index (χ0v) is 16.1. The molecule has 0 radical (unpaired) electrons. The predicted octanol–water partition coefficient (Wildman–Crippen LogP) is 4.78. The molecule has 6 nitrogen and oxygen atoms in total. The number of nitrogens with one attached hydrogen (secondary N) is 2. The van der Waals surface area contributed by atoms with Gasteiger partial charge in [0.2, 0.25) is 0 Å². The number of benzene rings is 1. The van der Waals surface area contributed by atoms with Crippen molar-refractivity contribution in [2.45, 2.75) is 45.6 Å². The number of nitrogens with zero attached hydrogens (tertiary/aromatic N) is 2. The number of carbonyl (C=O) groups excluding carboxylic acids is 2. The fourth-order valence-corrected chi connectivity index (χ4v) is 2.56. The molecule has 30 heavy (non-hydrogen) atoms. The van der Waals surface area contributed by atoms with E-state index in [0.29, 0.717) is 17.8 Å². The third-order valence-electron chi connectivity index (χ3n) is 4.22. The highest BCUT2D eigenvalue weighted by Crippen LogP contribution is 2.37. The van der Waals surface area contributed by atoms with Crippen LogP contribution in [0.2, 0.25) is 0 Å². The summed E-state index contributed by atoms with van der Waals surface area (Å²) in [5.74, 6) is -2.72. The van der Waals surface area contributed by atoms with Gasteiger partial charge in [-0.2, -0.15) is 31.4 Å². The van der Waals surface area contributed by atoms with E-state index >= 15 is 0 Å². The lowest BCUT2D eigenvalue weighted by atomic mass is 10.1. The number of anilines is 2. The van der Waals surface area contributed by atoms with Crippen LogP contribution in [0.4, 0.5) is 37.8 Å². The number of halogens is 6. The highest BCUT2D eigenvalue weighted by Gasteiger charge is 2.37. The summed E-state index contributed by atoms with van der Waals surface area (Å²) in [5, 5.41) is 8.03. The second-order valence-electron chi connectivity index (χ2n) is 6.58. The lowest BCUT2D eigenvalue weighted by Crippen LogP contribution is -2.29. The van der Waals surface area contributed by atoms with Gasteiger partial charge in [-0.1, -0.05) is 6.92 Å². The summed E-state index contributed by atoms with van der Waals surface area (Å²) in [7, 11) is 0. The van der Waals surface area contributed by atoms with Crippen molar-refractivity contribution in [3.05, 3.63) is 41.1 Å². The number of hydrogen-bond acceptors (Lipinski definition) is 3. The van der Waals surface area contributed by atoms with E-state index in [1.165, 1.54) is 6.07 Å². The summed E-state index contributed by atoms with van der Waals surface area (Å²) < 4.78 is 78.9. The fraction of sp³-hybridized carbons (Fsp3) is 0.389. The van der Waals surface area contributed by atoms with Crippen molar-refractivity contribution in [3.8, 4) is 0 Å². The summed E-state index contributed by atoms with van der Waals surface area (Å²) in [6, 6.07) is 2.02. The van der Waals surface area contributed by atoms with E-state index in [9.17, 15) is 35.9 Å². The van der Waals surface area contributed by atoms with Crippen molar-refractivity contribution in [3.63, 3.8) is 0 Å². The van der Waals surface area contributed by atoms with Crippen LogP contribution >= 0.6 is 0 Å². The maximum absolute atomic E-state index is 12.9. The van der Waals surface area contributed by atoms with Crippen LogP contribution in [0.3, 0.4) is 0 Å². The summed E-state index contributed by atoms with van der Waals surface area (Å²) in [4.78, 5) is 24.0. The van der Waals surface area contributed by atoms with Crippen molar-refractivity contribution < 1.29 is 35.9 Å². The van der Waals surface area contributed by atoms with Crippen molar-refractivity contribution in [2.75, 3.05) is 10.6 Å². The average Bonchev–Trinajstić information content (AvgIpc) is 2.99. The maximum atomic E-state index is 12.9. The average molecular weight is 436 g/mol. The van der Waals surface area contributed by atoms with Crippen LogP contribution in [0.5, 0.6) is 0 Å². The first kappa shape index (κ1) is 23.2. The van der Waals surface area contributed by atoms with Crippen LogP contribution in [0.25, 0.3) is 0 Å². The molecule has 0 aliphatic rings. The van der Waals surface area contributed by atoms with Gasteiger partial charge < -0.3 is 10.6 Å². The van der Waals surface area contributed by atoms with Crippen molar-refractivity contribution in [1.29, 1.82) is 0 Å². The lowest BCUT2D eigenvalue weighted by molar-refractivity contribution is -0.143. The Bertz CT molecular complexity index is 917. The van der Waals surface area contributed by atoms with Gasteiger partial charge in [0.05, 0.1) is 11.1 Å². The fourth-order valence-electron chi connectivity index (χ4n) is 2.56. The smallest absolute Gasteiger partial charge is 0.318 e. The van der Waals surface area contributed by atoms with E-state index in [2.05, 4.69) is 10.4 Å². The number of hydrogen-bond donors (Lipinski definition) is 2. The molecule has 1 aromatic carbocycles. The van der Waals surface area contributed by atoms with Crippen LogP contribution in [-0.2, 0) is 21.9 Å². The molecule has 1 atom stereocenters. The van der Waals surface area contributed by atoms with Crippen molar-refractivity contribution >= 4 is 23.3 Å². The van der Waals surface area contributed by atoms with E-state index < -0.39 is 41.0 Å². The van der Waals surface area contributed by atoms with E-state index in [-0.39, 0.29) is 17.9 Å². The van der Waals surface area contributed by atoms with Crippen LogP contribution < -0.4 is 10.6 Å². The molecule has 164 valence electrons. The summed E-state index contributed by atoms with van der Waals surface area (Å²) >= 11 is 0. The summed E-state index contributed by atoms with van der Waals surface area (Å²) in [6.07, 6.45) is -9.42. The van der Waals surface area contributed by atoms with Gasteiger partial charge in [-0.05, 0) is 38.5 Å². The number of amides is 2. The Labute approximate surface area is 167 Å². The quantitative estimate of drug-likeness (QED) is 0.535. The third kappa shape index (κ3) is 5.51. The number of aromatic nitrogens is 2. The van der Waals surface area contributed by atoms with Crippen LogP contribution in [0.15, 0.2) is 24.3 Å². The molecule has 2 aromatic rings. The third-order valence-corrected chi connectivity index (χ3v) is 4.22. The highest BCUT2D eigenvalue weighted by atomic mass is 19.4. The number of rotatable bonds is 4. The second kappa shape index (κ2) is 8.36. The van der Waals surface area contributed by atoms with Crippen LogP contribution in [0.1, 0.15) is 43.1 Å². The molecule has 2 amide bonds. The van der Waals surface area contributed by atoms with Gasteiger partial charge >= 0.3 is 24.2 Å². The molecule has 0 saturated carbocycles. The molecule has 1 aromatic heterocycles. The van der Waals surface area contributed by atoms with Gasteiger partial charge in [-0.3, -0.25) is 14.3 Å². The van der Waals surface area contributed by atoms with Gasteiger partial charge in [0.25, 0.3) is 0 Å². The van der Waals surface area contributed by atoms with Crippen molar-refractivity contribution in [1.82, 2.24) is 9.78 Å². The topological polar surface area (TPSA) is 76.0 Å². The SMILES string of the molecule is CCC(C)n1nc(NC(=O)C(=O)Nc2cc(C(F)(F)F)cc(C(F)(F)F)c2)cc1C. The molecule has 0 spiro atoms. The lowest BCUT2D eigenvalue weighted by Gasteiger charge is -2.14. The van der Waals surface area contributed by atoms with Gasteiger partial charge in [0.15, 0.2) is 5.82 Å². The Morgan fingerprint density at radius 3 is 1.93 bits per heavy atom. The van der Waals surface area contributed by atoms with Gasteiger partial charge in [-0.25, -0.2) is 0 Å². The molecular formula is C18H18F6N4O2. The number of carbonyl (C=O) groups is 2. The molecule has 0 saturated heterocycles. The zero-order chi connectivity index (χ0) is 22.9. The molecule has 0 bridgehead atoms. The van der Waals surface area contributed by atoms with E-state index in [1.54, 1.807) is 16.9 Å². The Morgan fingerprint density at radius 2 is 1.47 bits per heavy atom. The number of alkyl halides is 6. The van der Waals surface area contributed by atoms with E-state index in [1.807, 2.05) is 13.8 Å². The number of aryl methyl sites for hydroxylation is 1. The molecule has 1 unspecified atom stereocenters. The molecule has 1 heterocycles. The van der Waals surface area contributed by atoms with Gasteiger partial charge in [-0.15, -0.1) is 0 Å². The van der Waals surface area contributed by atoms with Gasteiger partial charge in [0, 0.05) is 23.5 Å². The summed E-state index contributed by atoms with van der Waals surface area (Å²) in [5.41, 5.74) is -3.36. The monoisotopic (exact) mass is 436 g/mol. The minimum absolute atomic E-state index is 0.00961. The molecule has 12 heteroatoms. The minimum atomic E-state index is -5.08. The first-order valence-electron chi connectivity index (χ1n) is 8.70. The maximum Gasteiger partial charge on any atom is 0.416 e. The van der Waals surface area contributed by atoms with Gasteiger partial charge in [0.1, 0.15) is 0 Å². The van der Waals surface area contributed by atoms with Crippen LogP contribution in [-0.4, -0.2) is 21.6 Å². The first-order chi connectivity index (χ1) is 13.7. The van der Waals surface area contributed by atoms with Crippen molar-refractivity contribution in [2.24, 2.45) is 0 Å². The Morgan fingerprint density at radius 1 is 0.967 bits per heavy atom. The molecule has 0 fully saturated rings. The molecule has 2 rings (SSSR count). The Balaban J connectivity index is 2.22. The highest BCUT2D eigenvalue weighted by molar-refractivity contribution is 6.43. The Kier molecular flexibility index (Phi) is 6.48. The summed E-state index contributed by atoms with van der Waals surface area (Å²) in [6.45, 7) is 5.52. The normalized spacial score (nSPS) is 13.1. The molecule has 0 aliphatic carbocycles. The van der Waals surface area contributed by atoms with Crippen LogP contribution in [0, 0.1) is 6.92 Å². The molecule has 0 aliphatic heterocycles. The standard InChI is InChI=1S/C18H18F6N4O2/c1-4-9(2)28-10(3)5-14(27-28)26-16(30)15(29)25-13-7-11(17(19,20)21)6-12(8-13)18(22,23)24/h5-9H,4H2,1-3H3,(H,25,29)(H,26,27,30). The van der Waals surface area contributed by atoms with E-state index in [0.717, 1.165) is 6.42 Å². The first-order valence-corrected chi connectivity index (χ1v) is 8.70. The molecule has 2 N–H and O–H groups in total. The minimum Gasteiger partial charge on any atom is -0.318 e. The zero-order valence-electron chi connectivity index (χ0n) is 16.1. The largest absolute Gasteiger partial charge is 0.416 e. The predicted molar refractivity (Wildman–Crippen MR) is 95.7 cm³/mol. The second-order valence-corrected chi connectivity index (χ2v) is 6.58. The van der Waals surface area contributed by atoms with E-state index in [4.69, 9.17) is 0 Å².